The molecule has 0 radical (unpaired) electrons. The normalized spacial score (nSPS) is 19.9. The third-order valence-corrected chi connectivity index (χ3v) is 4.41. The molecule has 3 heterocycles. The van der Waals surface area contributed by atoms with Crippen molar-refractivity contribution in [2.45, 2.75) is 31.6 Å². The number of fused-ring (bicyclic) bond motifs is 1. The Bertz CT molecular complexity index is 637. The number of halogens is 3. The zero-order chi connectivity index (χ0) is 15.7. The number of thiazole rings is 1. The Morgan fingerprint density at radius 2 is 2.32 bits per heavy atom. The number of alkyl halides is 3. The van der Waals surface area contributed by atoms with Crippen molar-refractivity contribution >= 4 is 22.2 Å². The van der Waals surface area contributed by atoms with Crippen LogP contribution < -0.4 is 5.32 Å². The predicted molar refractivity (Wildman–Crippen MR) is 75.6 cm³/mol. The molecule has 1 aliphatic rings. The fourth-order valence-electron chi connectivity index (χ4n) is 2.68. The van der Waals surface area contributed by atoms with Crippen molar-refractivity contribution < 1.29 is 18.0 Å². The second kappa shape index (κ2) is 5.88. The summed E-state index contributed by atoms with van der Waals surface area (Å²) in [4.78, 5) is 19.1. The lowest BCUT2D eigenvalue weighted by Crippen LogP contribution is -2.45. The van der Waals surface area contributed by atoms with Crippen molar-refractivity contribution in [1.29, 1.82) is 0 Å². The topological polar surface area (TPSA) is 49.6 Å². The van der Waals surface area contributed by atoms with Crippen LogP contribution in [0.1, 0.15) is 18.5 Å². The molecule has 2 aromatic heterocycles. The van der Waals surface area contributed by atoms with Crippen LogP contribution in [-0.4, -0.2) is 45.5 Å². The number of likely N-dealkylation sites (tertiary alicyclic amines) is 1. The number of hydrogen-bond acceptors (Lipinski definition) is 4. The van der Waals surface area contributed by atoms with Gasteiger partial charge in [-0.3, -0.25) is 14.1 Å². The molecule has 2 aromatic rings. The van der Waals surface area contributed by atoms with E-state index in [0.29, 0.717) is 19.5 Å². The number of amides is 1. The van der Waals surface area contributed by atoms with Gasteiger partial charge in [0.05, 0.1) is 11.7 Å². The van der Waals surface area contributed by atoms with Crippen LogP contribution in [0.2, 0.25) is 0 Å². The molecule has 0 unspecified atom stereocenters. The van der Waals surface area contributed by atoms with Crippen molar-refractivity contribution in [2.24, 2.45) is 0 Å². The molecule has 5 nitrogen and oxygen atoms in total. The van der Waals surface area contributed by atoms with Gasteiger partial charge in [-0.15, -0.1) is 11.3 Å². The van der Waals surface area contributed by atoms with Crippen molar-refractivity contribution in [3.05, 3.63) is 23.5 Å². The quantitative estimate of drug-likeness (QED) is 0.932. The minimum absolute atomic E-state index is 0.471. The molecule has 1 atom stereocenters. The summed E-state index contributed by atoms with van der Waals surface area (Å²) in [6.07, 6.45) is 0.772. The highest BCUT2D eigenvalue weighted by molar-refractivity contribution is 7.15. The second-order valence-electron chi connectivity index (χ2n) is 5.29. The zero-order valence-corrected chi connectivity index (χ0v) is 12.5. The van der Waals surface area contributed by atoms with E-state index >= 15 is 0 Å². The molecule has 9 heteroatoms. The van der Waals surface area contributed by atoms with Crippen LogP contribution in [0.5, 0.6) is 0 Å². The number of carbonyl (C=O) groups is 1. The predicted octanol–water partition coefficient (Wildman–Crippen LogP) is 2.04. The molecule has 0 saturated carbocycles. The highest BCUT2D eigenvalue weighted by Crippen LogP contribution is 2.21. The SMILES string of the molecule is O=C(NCC(F)(F)F)[C@H]1CCCN1Cc1cn2ccsc2n1. The minimum Gasteiger partial charge on any atom is -0.346 e. The Kier molecular flexibility index (Phi) is 4.09. The number of carbonyl (C=O) groups excluding carboxylic acids is 1. The molecule has 0 spiro atoms. The number of aromatic nitrogens is 2. The monoisotopic (exact) mass is 332 g/mol. The van der Waals surface area contributed by atoms with Gasteiger partial charge in [-0.1, -0.05) is 0 Å². The molecule has 1 N–H and O–H groups in total. The van der Waals surface area contributed by atoms with Crippen molar-refractivity contribution in [3.8, 4) is 0 Å². The third-order valence-electron chi connectivity index (χ3n) is 3.64. The average Bonchev–Trinajstić information content (AvgIpc) is 3.10. The molecule has 120 valence electrons. The van der Waals surface area contributed by atoms with Gasteiger partial charge in [0.2, 0.25) is 5.91 Å². The molecular formula is C13H15F3N4OS. The number of imidazole rings is 1. The molecular weight excluding hydrogens is 317 g/mol. The summed E-state index contributed by atoms with van der Waals surface area (Å²) in [5.41, 5.74) is 0.822. The standard InChI is InChI=1S/C13H15F3N4OS/c14-13(15,16)8-17-11(21)10-2-1-3-19(10)6-9-7-20-4-5-22-12(20)18-9/h4-5,7,10H,1-3,6,8H2,(H,17,21)/t10-/m1/s1. The number of rotatable bonds is 4. The first-order chi connectivity index (χ1) is 10.4. The van der Waals surface area contributed by atoms with E-state index in [1.807, 2.05) is 32.4 Å². The Labute approximate surface area is 128 Å². The number of hydrogen-bond donors (Lipinski definition) is 1. The molecule has 1 fully saturated rings. The summed E-state index contributed by atoms with van der Waals surface area (Å²) in [6, 6.07) is -0.512. The lowest BCUT2D eigenvalue weighted by molar-refractivity contribution is -0.141. The van der Waals surface area contributed by atoms with E-state index in [1.165, 1.54) is 11.3 Å². The van der Waals surface area contributed by atoms with E-state index in [4.69, 9.17) is 0 Å². The van der Waals surface area contributed by atoms with Gasteiger partial charge in [0.25, 0.3) is 0 Å². The maximum Gasteiger partial charge on any atom is 0.405 e. The number of nitrogens with zero attached hydrogens (tertiary/aromatic N) is 3. The largest absolute Gasteiger partial charge is 0.405 e. The Morgan fingerprint density at radius 1 is 1.50 bits per heavy atom. The zero-order valence-electron chi connectivity index (χ0n) is 11.6. The van der Waals surface area contributed by atoms with E-state index in [9.17, 15) is 18.0 Å². The highest BCUT2D eigenvalue weighted by atomic mass is 32.1. The van der Waals surface area contributed by atoms with Crippen LogP contribution in [0.3, 0.4) is 0 Å². The van der Waals surface area contributed by atoms with Crippen LogP contribution in [0.15, 0.2) is 17.8 Å². The number of nitrogens with one attached hydrogen (secondary N) is 1. The molecule has 1 aliphatic heterocycles. The van der Waals surface area contributed by atoms with E-state index < -0.39 is 24.7 Å². The summed E-state index contributed by atoms with van der Waals surface area (Å²) in [5, 5.41) is 3.90. The first kappa shape index (κ1) is 15.3. The first-order valence-electron chi connectivity index (χ1n) is 6.92. The van der Waals surface area contributed by atoms with Crippen LogP contribution in [0, 0.1) is 0 Å². The summed E-state index contributed by atoms with van der Waals surface area (Å²) >= 11 is 1.51. The van der Waals surface area contributed by atoms with Crippen molar-refractivity contribution in [1.82, 2.24) is 19.6 Å². The van der Waals surface area contributed by atoms with Crippen LogP contribution in [0.25, 0.3) is 4.96 Å². The fourth-order valence-corrected chi connectivity index (χ4v) is 3.40. The van der Waals surface area contributed by atoms with Crippen LogP contribution in [-0.2, 0) is 11.3 Å². The Morgan fingerprint density at radius 3 is 3.05 bits per heavy atom. The van der Waals surface area contributed by atoms with Gasteiger partial charge in [-0.25, -0.2) is 4.98 Å². The van der Waals surface area contributed by atoms with Gasteiger partial charge in [-0.2, -0.15) is 13.2 Å². The Hall–Kier alpha value is -1.61. The molecule has 22 heavy (non-hydrogen) atoms. The summed E-state index contributed by atoms with van der Waals surface area (Å²) in [5.74, 6) is -0.559. The van der Waals surface area contributed by atoms with Gasteiger partial charge in [0.1, 0.15) is 6.54 Å². The highest BCUT2D eigenvalue weighted by Gasteiger charge is 2.34. The van der Waals surface area contributed by atoms with E-state index in [1.54, 1.807) is 0 Å². The molecule has 3 rings (SSSR count). The van der Waals surface area contributed by atoms with E-state index in [-0.39, 0.29) is 0 Å². The smallest absolute Gasteiger partial charge is 0.346 e. The van der Waals surface area contributed by atoms with Crippen LogP contribution >= 0.6 is 11.3 Å². The van der Waals surface area contributed by atoms with Crippen LogP contribution in [0.4, 0.5) is 13.2 Å². The lowest BCUT2D eigenvalue weighted by atomic mass is 10.2. The molecule has 0 aliphatic carbocycles. The van der Waals surface area contributed by atoms with E-state index in [2.05, 4.69) is 4.98 Å². The maximum absolute atomic E-state index is 12.2. The molecule has 1 amide bonds. The van der Waals surface area contributed by atoms with Gasteiger partial charge < -0.3 is 5.32 Å². The third kappa shape index (κ3) is 3.41. The van der Waals surface area contributed by atoms with E-state index in [0.717, 1.165) is 17.1 Å². The van der Waals surface area contributed by atoms with Gasteiger partial charge >= 0.3 is 6.18 Å². The van der Waals surface area contributed by atoms with Crippen molar-refractivity contribution in [2.75, 3.05) is 13.1 Å². The molecule has 0 aromatic carbocycles. The van der Waals surface area contributed by atoms with Crippen molar-refractivity contribution in [3.63, 3.8) is 0 Å². The van der Waals surface area contributed by atoms with Gasteiger partial charge in [0, 0.05) is 24.3 Å². The second-order valence-corrected chi connectivity index (χ2v) is 6.16. The molecule has 0 bridgehead atoms. The fraction of sp³-hybridized carbons (Fsp3) is 0.538. The minimum atomic E-state index is -4.38. The summed E-state index contributed by atoms with van der Waals surface area (Å²) < 4.78 is 38.5. The molecule has 1 saturated heterocycles. The summed E-state index contributed by atoms with van der Waals surface area (Å²) in [6.45, 7) is -0.121. The Balaban J connectivity index is 1.62. The maximum atomic E-state index is 12.2. The average molecular weight is 332 g/mol. The first-order valence-corrected chi connectivity index (χ1v) is 7.80. The lowest BCUT2D eigenvalue weighted by Gasteiger charge is -2.23. The summed E-state index contributed by atoms with van der Waals surface area (Å²) in [7, 11) is 0. The van der Waals surface area contributed by atoms with Gasteiger partial charge in [-0.05, 0) is 19.4 Å². The van der Waals surface area contributed by atoms with Gasteiger partial charge in [0.15, 0.2) is 4.96 Å².